The van der Waals surface area contributed by atoms with Crippen molar-refractivity contribution in [1.29, 1.82) is 0 Å². The number of hydrogen-bond acceptors (Lipinski definition) is 2. The number of hydrogen-bond donors (Lipinski definition) is 1. The van der Waals surface area contributed by atoms with Crippen molar-refractivity contribution in [3.63, 3.8) is 0 Å². The molecule has 0 spiro atoms. The van der Waals surface area contributed by atoms with Crippen LogP contribution in [0.5, 0.6) is 0 Å². The molecule has 0 saturated heterocycles. The van der Waals surface area contributed by atoms with Gasteiger partial charge in [-0.1, -0.05) is 13.3 Å². The number of rotatable bonds is 7. The van der Waals surface area contributed by atoms with Crippen LogP contribution in [0.4, 0.5) is 0 Å². The van der Waals surface area contributed by atoms with E-state index in [9.17, 15) is 4.79 Å². The molecule has 0 rings (SSSR count). The molecule has 14 heavy (non-hydrogen) atoms. The van der Waals surface area contributed by atoms with Crippen LogP contribution in [0.1, 0.15) is 39.5 Å². The fourth-order valence-electron chi connectivity index (χ4n) is 1.50. The third-order valence-electron chi connectivity index (χ3n) is 2.70. The third kappa shape index (κ3) is 4.61. The molecule has 1 atom stereocenters. The van der Waals surface area contributed by atoms with Crippen LogP contribution >= 0.6 is 0 Å². The Morgan fingerprint density at radius 2 is 2.00 bits per heavy atom. The summed E-state index contributed by atoms with van der Waals surface area (Å²) in [6.07, 6.45) is 4.02. The molecule has 84 valence electrons. The predicted octanol–water partition coefficient (Wildman–Crippen LogP) is 1.62. The third-order valence-corrected chi connectivity index (χ3v) is 2.70. The van der Waals surface area contributed by atoms with Gasteiger partial charge >= 0.3 is 0 Å². The first-order valence-corrected chi connectivity index (χ1v) is 5.62. The van der Waals surface area contributed by atoms with E-state index in [2.05, 4.69) is 6.92 Å². The van der Waals surface area contributed by atoms with E-state index in [0.717, 1.165) is 38.8 Å². The number of nitrogens with two attached hydrogens (primary N) is 1. The van der Waals surface area contributed by atoms with E-state index in [1.165, 1.54) is 0 Å². The van der Waals surface area contributed by atoms with Gasteiger partial charge in [-0.15, -0.1) is 0 Å². The molecule has 0 aliphatic carbocycles. The average Bonchev–Trinajstić information content (AvgIpc) is 2.22. The van der Waals surface area contributed by atoms with E-state index in [4.69, 9.17) is 5.73 Å². The Kier molecular flexibility index (Phi) is 7.48. The van der Waals surface area contributed by atoms with Gasteiger partial charge in [0.05, 0.1) is 0 Å². The standard InChI is InChI=1S/C11H24N2O/c1-4-10(8-6-7-9-12)11(14)13(3)5-2/h10H,4-9,12H2,1-3H3/t10-/m0/s1. The molecule has 0 bridgehead atoms. The van der Waals surface area contributed by atoms with Gasteiger partial charge in [-0.25, -0.2) is 0 Å². The van der Waals surface area contributed by atoms with Gasteiger partial charge in [0.25, 0.3) is 0 Å². The van der Waals surface area contributed by atoms with Gasteiger partial charge in [0.15, 0.2) is 0 Å². The highest BCUT2D eigenvalue weighted by molar-refractivity contribution is 5.78. The van der Waals surface area contributed by atoms with Gasteiger partial charge < -0.3 is 10.6 Å². The quantitative estimate of drug-likeness (QED) is 0.635. The average molecular weight is 200 g/mol. The van der Waals surface area contributed by atoms with Gasteiger partial charge in [0.2, 0.25) is 5.91 Å². The Hall–Kier alpha value is -0.570. The highest BCUT2D eigenvalue weighted by Crippen LogP contribution is 2.14. The minimum Gasteiger partial charge on any atom is -0.346 e. The number of carbonyl (C=O) groups excluding carboxylic acids is 1. The van der Waals surface area contributed by atoms with E-state index in [1.54, 1.807) is 4.90 Å². The molecule has 0 radical (unpaired) electrons. The Labute approximate surface area is 87.6 Å². The Bertz CT molecular complexity index is 159. The zero-order valence-corrected chi connectivity index (χ0v) is 9.75. The summed E-state index contributed by atoms with van der Waals surface area (Å²) in [4.78, 5) is 13.6. The molecule has 3 heteroatoms. The number of carbonyl (C=O) groups is 1. The topological polar surface area (TPSA) is 46.3 Å². The summed E-state index contributed by atoms with van der Waals surface area (Å²) in [7, 11) is 1.87. The molecule has 2 N–H and O–H groups in total. The number of unbranched alkanes of at least 4 members (excludes halogenated alkanes) is 1. The first kappa shape index (κ1) is 13.4. The van der Waals surface area contributed by atoms with Crippen LogP contribution in [0.2, 0.25) is 0 Å². The number of nitrogens with zero attached hydrogens (tertiary/aromatic N) is 1. The molecule has 0 aromatic heterocycles. The van der Waals surface area contributed by atoms with Gasteiger partial charge in [-0.3, -0.25) is 4.79 Å². The molecular formula is C11H24N2O. The monoisotopic (exact) mass is 200 g/mol. The molecule has 0 unspecified atom stereocenters. The molecule has 0 aliphatic heterocycles. The maximum absolute atomic E-state index is 11.8. The van der Waals surface area contributed by atoms with Crippen molar-refractivity contribution in [3.8, 4) is 0 Å². The Morgan fingerprint density at radius 3 is 2.43 bits per heavy atom. The van der Waals surface area contributed by atoms with Crippen LogP contribution < -0.4 is 5.73 Å². The van der Waals surface area contributed by atoms with Crippen molar-refractivity contribution in [2.75, 3.05) is 20.1 Å². The first-order valence-electron chi connectivity index (χ1n) is 5.62. The second kappa shape index (κ2) is 7.80. The maximum Gasteiger partial charge on any atom is 0.225 e. The molecule has 0 aromatic rings. The number of amides is 1. The van der Waals surface area contributed by atoms with Crippen LogP contribution in [0.3, 0.4) is 0 Å². The van der Waals surface area contributed by atoms with Crippen LogP contribution in [0.15, 0.2) is 0 Å². The molecule has 0 aliphatic rings. The molecule has 1 amide bonds. The highest BCUT2D eigenvalue weighted by atomic mass is 16.2. The van der Waals surface area contributed by atoms with E-state index >= 15 is 0 Å². The highest BCUT2D eigenvalue weighted by Gasteiger charge is 2.18. The van der Waals surface area contributed by atoms with Crippen LogP contribution in [-0.4, -0.2) is 30.9 Å². The Morgan fingerprint density at radius 1 is 1.36 bits per heavy atom. The van der Waals surface area contributed by atoms with Crippen molar-refractivity contribution in [1.82, 2.24) is 4.90 Å². The normalized spacial score (nSPS) is 12.6. The fourth-order valence-corrected chi connectivity index (χ4v) is 1.50. The summed E-state index contributed by atoms with van der Waals surface area (Å²) in [6.45, 7) is 5.61. The van der Waals surface area contributed by atoms with Crippen LogP contribution in [0, 0.1) is 5.92 Å². The van der Waals surface area contributed by atoms with Crippen molar-refractivity contribution < 1.29 is 4.79 Å². The van der Waals surface area contributed by atoms with Gasteiger partial charge in [0.1, 0.15) is 0 Å². The van der Waals surface area contributed by atoms with Gasteiger partial charge in [-0.05, 0) is 32.7 Å². The SMILES string of the molecule is CC[C@@H](CCCCN)C(=O)N(C)CC. The van der Waals surface area contributed by atoms with E-state index in [1.807, 2.05) is 14.0 Å². The summed E-state index contributed by atoms with van der Waals surface area (Å²) in [5.41, 5.74) is 5.42. The van der Waals surface area contributed by atoms with E-state index in [0.29, 0.717) is 0 Å². The van der Waals surface area contributed by atoms with E-state index in [-0.39, 0.29) is 11.8 Å². The molecule has 0 fully saturated rings. The lowest BCUT2D eigenvalue weighted by atomic mass is 9.98. The zero-order chi connectivity index (χ0) is 11.0. The molecule has 0 heterocycles. The molecule has 3 nitrogen and oxygen atoms in total. The lowest BCUT2D eigenvalue weighted by molar-refractivity contribution is -0.134. The fraction of sp³-hybridized carbons (Fsp3) is 0.909. The lowest BCUT2D eigenvalue weighted by Gasteiger charge is -2.21. The van der Waals surface area contributed by atoms with Crippen LogP contribution in [0.25, 0.3) is 0 Å². The zero-order valence-electron chi connectivity index (χ0n) is 9.75. The molecule has 0 saturated carbocycles. The largest absolute Gasteiger partial charge is 0.346 e. The summed E-state index contributed by atoms with van der Waals surface area (Å²) in [5, 5.41) is 0. The van der Waals surface area contributed by atoms with Gasteiger partial charge in [0, 0.05) is 19.5 Å². The Balaban J connectivity index is 3.92. The van der Waals surface area contributed by atoms with Crippen molar-refractivity contribution in [2.45, 2.75) is 39.5 Å². The maximum atomic E-state index is 11.8. The summed E-state index contributed by atoms with van der Waals surface area (Å²) >= 11 is 0. The van der Waals surface area contributed by atoms with Crippen molar-refractivity contribution >= 4 is 5.91 Å². The second-order valence-corrected chi connectivity index (χ2v) is 3.74. The summed E-state index contributed by atoms with van der Waals surface area (Å²) in [5.74, 6) is 0.485. The smallest absolute Gasteiger partial charge is 0.225 e. The lowest BCUT2D eigenvalue weighted by Crippen LogP contribution is -2.32. The first-order chi connectivity index (χ1) is 6.67. The van der Waals surface area contributed by atoms with Crippen molar-refractivity contribution in [2.24, 2.45) is 11.7 Å². The summed E-state index contributed by atoms with van der Waals surface area (Å²) < 4.78 is 0. The van der Waals surface area contributed by atoms with Crippen LogP contribution in [-0.2, 0) is 4.79 Å². The van der Waals surface area contributed by atoms with Gasteiger partial charge in [-0.2, -0.15) is 0 Å². The van der Waals surface area contributed by atoms with Crippen molar-refractivity contribution in [3.05, 3.63) is 0 Å². The second-order valence-electron chi connectivity index (χ2n) is 3.74. The minimum absolute atomic E-state index is 0.200. The minimum atomic E-state index is 0.200. The summed E-state index contributed by atoms with van der Waals surface area (Å²) in [6, 6.07) is 0. The van der Waals surface area contributed by atoms with E-state index < -0.39 is 0 Å². The molecule has 0 aromatic carbocycles. The molecular weight excluding hydrogens is 176 g/mol. The predicted molar refractivity (Wildman–Crippen MR) is 60.0 cm³/mol.